The molecule has 0 saturated carbocycles. The van der Waals surface area contributed by atoms with E-state index in [2.05, 4.69) is 27.0 Å². The van der Waals surface area contributed by atoms with Gasteiger partial charge in [-0.05, 0) is 24.5 Å². The number of rotatable bonds is 6. The summed E-state index contributed by atoms with van der Waals surface area (Å²) in [5.74, 6) is 0.639. The second-order valence-corrected chi connectivity index (χ2v) is 7.62. The van der Waals surface area contributed by atoms with Crippen molar-refractivity contribution in [1.29, 1.82) is 0 Å². The Balaban J connectivity index is 1.75. The van der Waals surface area contributed by atoms with Gasteiger partial charge < -0.3 is 9.47 Å². The van der Waals surface area contributed by atoms with Gasteiger partial charge in [-0.15, -0.1) is 0 Å². The maximum atomic E-state index is 5.96. The molecule has 2 aliphatic rings. The summed E-state index contributed by atoms with van der Waals surface area (Å²) < 4.78 is 11.9. The molecule has 0 aliphatic carbocycles. The first-order valence-electron chi connectivity index (χ1n) is 7.33. The van der Waals surface area contributed by atoms with Crippen LogP contribution in [0.15, 0.2) is 0 Å². The first kappa shape index (κ1) is 14.7. The standard InChI is InChI=1S/C15H28O2S/c1-5-15(2,3)8-6-7-11-9-16-14-12(18-4)10-17-13(11)14/h11-14H,5-10H2,1-4H3. The van der Waals surface area contributed by atoms with Crippen LogP contribution in [0.3, 0.4) is 0 Å². The smallest absolute Gasteiger partial charge is 0.0980 e. The Kier molecular flexibility index (Phi) is 5.01. The lowest BCUT2D eigenvalue weighted by molar-refractivity contribution is 0.0614. The van der Waals surface area contributed by atoms with Gasteiger partial charge in [0.1, 0.15) is 0 Å². The predicted octanol–water partition coefficient (Wildman–Crippen LogP) is 3.74. The van der Waals surface area contributed by atoms with Gasteiger partial charge in [-0.1, -0.05) is 33.6 Å². The highest BCUT2D eigenvalue weighted by molar-refractivity contribution is 7.99. The molecule has 0 spiro atoms. The van der Waals surface area contributed by atoms with Gasteiger partial charge in [-0.25, -0.2) is 0 Å². The van der Waals surface area contributed by atoms with Crippen molar-refractivity contribution in [2.75, 3.05) is 19.5 Å². The molecule has 2 fully saturated rings. The van der Waals surface area contributed by atoms with Gasteiger partial charge in [0.2, 0.25) is 0 Å². The molecule has 106 valence electrons. The molecule has 2 rings (SSSR count). The quantitative estimate of drug-likeness (QED) is 0.734. The van der Waals surface area contributed by atoms with Crippen LogP contribution in [-0.4, -0.2) is 36.9 Å². The fourth-order valence-corrected chi connectivity index (χ4v) is 3.73. The van der Waals surface area contributed by atoms with E-state index in [1.807, 2.05) is 11.8 Å². The topological polar surface area (TPSA) is 18.5 Å². The van der Waals surface area contributed by atoms with Crippen molar-refractivity contribution in [1.82, 2.24) is 0 Å². The normalized spacial score (nSPS) is 36.0. The predicted molar refractivity (Wildman–Crippen MR) is 78.2 cm³/mol. The average molecular weight is 272 g/mol. The minimum atomic E-state index is 0.365. The molecule has 0 aromatic carbocycles. The first-order chi connectivity index (χ1) is 8.57. The van der Waals surface area contributed by atoms with Crippen LogP contribution < -0.4 is 0 Å². The van der Waals surface area contributed by atoms with Crippen molar-refractivity contribution < 1.29 is 9.47 Å². The number of ether oxygens (including phenoxy) is 2. The summed E-state index contributed by atoms with van der Waals surface area (Å²) in [4.78, 5) is 0. The van der Waals surface area contributed by atoms with Crippen molar-refractivity contribution in [2.45, 2.75) is 63.9 Å². The van der Waals surface area contributed by atoms with E-state index in [9.17, 15) is 0 Å². The van der Waals surface area contributed by atoms with Crippen LogP contribution in [0.25, 0.3) is 0 Å². The highest BCUT2D eigenvalue weighted by Gasteiger charge is 2.46. The Hall–Kier alpha value is 0.270. The zero-order valence-corrected chi connectivity index (χ0v) is 13.1. The van der Waals surface area contributed by atoms with E-state index in [0.717, 1.165) is 13.2 Å². The largest absolute Gasteiger partial charge is 0.374 e. The van der Waals surface area contributed by atoms with Crippen LogP contribution in [0.1, 0.15) is 46.5 Å². The molecule has 4 atom stereocenters. The summed E-state index contributed by atoms with van der Waals surface area (Å²) in [7, 11) is 0. The zero-order chi connectivity index (χ0) is 13.2. The summed E-state index contributed by atoms with van der Waals surface area (Å²) >= 11 is 1.89. The van der Waals surface area contributed by atoms with Crippen molar-refractivity contribution in [2.24, 2.45) is 11.3 Å². The van der Waals surface area contributed by atoms with Gasteiger partial charge in [0, 0.05) is 5.92 Å². The Labute approximate surface area is 116 Å². The van der Waals surface area contributed by atoms with Gasteiger partial charge in [0.25, 0.3) is 0 Å². The van der Waals surface area contributed by atoms with Crippen molar-refractivity contribution in [3.63, 3.8) is 0 Å². The van der Waals surface area contributed by atoms with E-state index in [1.165, 1.54) is 25.7 Å². The molecule has 0 radical (unpaired) electrons. The fourth-order valence-electron chi connectivity index (χ4n) is 3.01. The lowest BCUT2D eigenvalue weighted by Crippen LogP contribution is -2.27. The van der Waals surface area contributed by atoms with E-state index in [-0.39, 0.29) is 0 Å². The van der Waals surface area contributed by atoms with E-state index >= 15 is 0 Å². The van der Waals surface area contributed by atoms with E-state index in [4.69, 9.17) is 9.47 Å². The van der Waals surface area contributed by atoms with Crippen molar-refractivity contribution in [3.8, 4) is 0 Å². The highest BCUT2D eigenvalue weighted by atomic mass is 32.2. The molecule has 0 aromatic heterocycles. The molecule has 0 aromatic rings. The number of hydrogen-bond acceptors (Lipinski definition) is 3. The summed E-state index contributed by atoms with van der Waals surface area (Å²) in [6.45, 7) is 8.83. The summed E-state index contributed by atoms with van der Waals surface area (Å²) in [5.41, 5.74) is 0.497. The molecule has 2 nitrogen and oxygen atoms in total. The number of fused-ring (bicyclic) bond motifs is 1. The van der Waals surface area contributed by atoms with Crippen molar-refractivity contribution >= 4 is 11.8 Å². The summed E-state index contributed by atoms with van der Waals surface area (Å²) in [6.07, 6.45) is 8.08. The van der Waals surface area contributed by atoms with Gasteiger partial charge in [-0.3, -0.25) is 0 Å². The van der Waals surface area contributed by atoms with E-state index in [0.29, 0.717) is 28.8 Å². The molecule has 0 amide bonds. The minimum absolute atomic E-state index is 0.365. The third-order valence-corrected chi connectivity index (χ3v) is 5.81. The monoisotopic (exact) mass is 272 g/mol. The maximum absolute atomic E-state index is 5.96. The van der Waals surface area contributed by atoms with Gasteiger partial charge in [-0.2, -0.15) is 11.8 Å². The third-order valence-electron chi connectivity index (χ3n) is 4.80. The molecule has 0 bridgehead atoms. The van der Waals surface area contributed by atoms with E-state index in [1.54, 1.807) is 0 Å². The lowest BCUT2D eigenvalue weighted by atomic mass is 9.83. The minimum Gasteiger partial charge on any atom is -0.374 e. The molecule has 2 saturated heterocycles. The van der Waals surface area contributed by atoms with Crippen LogP contribution in [0.2, 0.25) is 0 Å². The summed E-state index contributed by atoms with van der Waals surface area (Å²) in [5, 5.41) is 0.562. The van der Waals surface area contributed by atoms with Crippen LogP contribution in [0.5, 0.6) is 0 Å². The zero-order valence-electron chi connectivity index (χ0n) is 12.3. The molecule has 4 unspecified atom stereocenters. The number of thioether (sulfide) groups is 1. The van der Waals surface area contributed by atoms with Crippen LogP contribution in [0.4, 0.5) is 0 Å². The molecular formula is C15H28O2S. The molecular weight excluding hydrogens is 244 g/mol. The SMILES string of the molecule is CCC(C)(C)CCCC1COC2C(SC)COC12. The number of hydrogen-bond donors (Lipinski definition) is 0. The maximum Gasteiger partial charge on any atom is 0.0980 e. The average Bonchev–Trinajstić information content (AvgIpc) is 2.91. The lowest BCUT2D eigenvalue weighted by Gasteiger charge is -2.23. The van der Waals surface area contributed by atoms with Gasteiger partial charge in [0.05, 0.1) is 30.7 Å². The van der Waals surface area contributed by atoms with E-state index < -0.39 is 0 Å². The third kappa shape index (κ3) is 3.23. The van der Waals surface area contributed by atoms with Crippen molar-refractivity contribution in [3.05, 3.63) is 0 Å². The van der Waals surface area contributed by atoms with Crippen LogP contribution >= 0.6 is 11.8 Å². The fraction of sp³-hybridized carbons (Fsp3) is 1.00. The van der Waals surface area contributed by atoms with Crippen LogP contribution in [-0.2, 0) is 9.47 Å². The Morgan fingerprint density at radius 1 is 1.17 bits per heavy atom. The first-order valence-corrected chi connectivity index (χ1v) is 8.62. The second kappa shape index (κ2) is 6.15. The highest BCUT2D eigenvalue weighted by Crippen LogP contribution is 2.38. The Morgan fingerprint density at radius 2 is 1.89 bits per heavy atom. The molecule has 2 heterocycles. The molecule has 0 N–H and O–H groups in total. The second-order valence-electron chi connectivity index (χ2n) is 6.54. The Morgan fingerprint density at radius 3 is 2.56 bits per heavy atom. The molecule has 3 heteroatoms. The Bertz CT molecular complexity index is 267. The molecule has 18 heavy (non-hydrogen) atoms. The van der Waals surface area contributed by atoms with Gasteiger partial charge >= 0.3 is 0 Å². The van der Waals surface area contributed by atoms with Gasteiger partial charge in [0.15, 0.2) is 0 Å². The van der Waals surface area contributed by atoms with Crippen LogP contribution in [0, 0.1) is 11.3 Å². The summed E-state index contributed by atoms with van der Waals surface area (Å²) in [6, 6.07) is 0. The molecule has 2 aliphatic heterocycles.